The zero-order chi connectivity index (χ0) is 16.7. The molecule has 0 saturated heterocycles. The molecule has 2 heterocycles. The van der Waals surface area contributed by atoms with Gasteiger partial charge in [0.05, 0.1) is 5.52 Å². The summed E-state index contributed by atoms with van der Waals surface area (Å²) in [4.78, 5) is 12.3. The summed E-state index contributed by atoms with van der Waals surface area (Å²) in [5.74, 6) is -1.20. The van der Waals surface area contributed by atoms with Gasteiger partial charge >= 0.3 is 0 Å². The van der Waals surface area contributed by atoms with Crippen molar-refractivity contribution in [1.29, 1.82) is 0 Å². The number of hydrogen-bond acceptors (Lipinski definition) is 3. The summed E-state index contributed by atoms with van der Waals surface area (Å²) >= 11 is 1.15. The fourth-order valence-electron chi connectivity index (χ4n) is 2.68. The minimum absolute atomic E-state index is 0.323. The highest BCUT2D eigenvalue weighted by Gasteiger charge is 2.14. The van der Waals surface area contributed by atoms with E-state index in [1.807, 2.05) is 6.07 Å². The number of benzene rings is 2. The van der Waals surface area contributed by atoms with E-state index in [1.54, 1.807) is 0 Å². The minimum atomic E-state index is -0.601. The van der Waals surface area contributed by atoms with Crippen LogP contribution in [0.25, 0.3) is 21.9 Å². The van der Waals surface area contributed by atoms with Gasteiger partial charge < -0.3 is 4.98 Å². The van der Waals surface area contributed by atoms with Gasteiger partial charge in [0.2, 0.25) is 0 Å². The van der Waals surface area contributed by atoms with Gasteiger partial charge in [-0.25, -0.2) is 18.7 Å². The quantitative estimate of drug-likeness (QED) is 0.527. The lowest BCUT2D eigenvalue weighted by atomic mass is 10.1. The summed E-state index contributed by atoms with van der Waals surface area (Å²) in [5.41, 5.74) is 3.75. The molecule has 4 aromatic rings. The fourth-order valence-corrected chi connectivity index (χ4v) is 3.53. The number of aromatic nitrogens is 3. The van der Waals surface area contributed by atoms with Crippen molar-refractivity contribution in [2.45, 2.75) is 23.3 Å². The van der Waals surface area contributed by atoms with Gasteiger partial charge in [0.1, 0.15) is 28.5 Å². The molecule has 0 bridgehead atoms. The van der Waals surface area contributed by atoms with Gasteiger partial charge in [0, 0.05) is 21.9 Å². The van der Waals surface area contributed by atoms with Gasteiger partial charge in [0.25, 0.3) is 0 Å². The number of H-pyrrole nitrogens is 1. The van der Waals surface area contributed by atoms with Crippen LogP contribution in [0.2, 0.25) is 0 Å². The monoisotopic (exact) mass is 341 g/mol. The molecule has 0 unspecified atom stereocenters. The van der Waals surface area contributed by atoms with E-state index >= 15 is 0 Å². The Balaban J connectivity index is 1.86. The molecule has 2 aromatic heterocycles. The van der Waals surface area contributed by atoms with Gasteiger partial charge in [-0.05, 0) is 36.2 Å². The van der Waals surface area contributed by atoms with Crippen molar-refractivity contribution in [3.8, 4) is 0 Å². The van der Waals surface area contributed by atoms with Crippen LogP contribution in [0, 0.1) is 11.6 Å². The van der Waals surface area contributed by atoms with E-state index in [0.29, 0.717) is 9.92 Å². The van der Waals surface area contributed by atoms with Crippen LogP contribution in [0.5, 0.6) is 0 Å². The second kappa shape index (κ2) is 5.87. The van der Waals surface area contributed by atoms with Crippen molar-refractivity contribution >= 4 is 33.7 Å². The van der Waals surface area contributed by atoms with Gasteiger partial charge in [-0.1, -0.05) is 24.8 Å². The lowest BCUT2D eigenvalue weighted by Crippen LogP contribution is -1.88. The van der Waals surface area contributed by atoms with Crippen LogP contribution in [0.15, 0.2) is 52.6 Å². The highest BCUT2D eigenvalue weighted by atomic mass is 32.2. The molecular formula is C18H13F2N3S. The summed E-state index contributed by atoms with van der Waals surface area (Å²) in [7, 11) is 0. The number of hydrogen-bond donors (Lipinski definition) is 1. The number of nitrogens with one attached hydrogen (secondary N) is 1. The van der Waals surface area contributed by atoms with Crippen molar-refractivity contribution in [1.82, 2.24) is 15.0 Å². The van der Waals surface area contributed by atoms with Crippen molar-refractivity contribution in [3.05, 3.63) is 59.9 Å². The van der Waals surface area contributed by atoms with Gasteiger partial charge in [-0.3, -0.25) is 0 Å². The third-order valence-corrected chi connectivity index (χ3v) is 4.97. The first kappa shape index (κ1) is 15.1. The topological polar surface area (TPSA) is 41.6 Å². The first-order valence-corrected chi connectivity index (χ1v) is 8.35. The first-order chi connectivity index (χ1) is 11.7. The Morgan fingerprint density at radius 3 is 2.75 bits per heavy atom. The summed E-state index contributed by atoms with van der Waals surface area (Å²) in [6.07, 6.45) is 2.41. The van der Waals surface area contributed by atoms with Crippen molar-refractivity contribution in [3.63, 3.8) is 0 Å². The van der Waals surface area contributed by atoms with Crippen LogP contribution in [-0.2, 0) is 6.42 Å². The first-order valence-electron chi connectivity index (χ1n) is 7.54. The molecule has 2 aromatic carbocycles. The summed E-state index contributed by atoms with van der Waals surface area (Å²) in [6, 6.07) is 9.72. The maximum absolute atomic E-state index is 13.9. The molecule has 120 valence electrons. The number of halogens is 2. The Morgan fingerprint density at radius 2 is 1.96 bits per heavy atom. The smallest absolute Gasteiger partial charge is 0.140 e. The third-order valence-electron chi connectivity index (χ3n) is 3.92. The molecule has 3 nitrogen and oxygen atoms in total. The second-order valence-corrected chi connectivity index (χ2v) is 6.47. The maximum atomic E-state index is 13.9. The van der Waals surface area contributed by atoms with E-state index in [0.717, 1.165) is 46.2 Å². The molecule has 4 rings (SSSR count). The molecule has 0 spiro atoms. The Bertz CT molecular complexity index is 1060. The van der Waals surface area contributed by atoms with E-state index in [9.17, 15) is 8.78 Å². The Kier molecular flexibility index (Phi) is 3.69. The van der Waals surface area contributed by atoms with Gasteiger partial charge in [0.15, 0.2) is 0 Å². The molecular weight excluding hydrogens is 328 g/mol. The van der Waals surface area contributed by atoms with E-state index < -0.39 is 11.6 Å². The molecule has 0 saturated carbocycles. The molecule has 24 heavy (non-hydrogen) atoms. The van der Waals surface area contributed by atoms with Crippen LogP contribution in [0.1, 0.15) is 12.5 Å². The largest absolute Gasteiger partial charge is 0.351 e. The average Bonchev–Trinajstić information content (AvgIpc) is 2.96. The molecule has 1 N–H and O–H groups in total. The van der Waals surface area contributed by atoms with Crippen LogP contribution < -0.4 is 0 Å². The minimum Gasteiger partial charge on any atom is -0.351 e. The number of aryl methyl sites for hydroxylation is 1. The second-order valence-electron chi connectivity index (χ2n) is 5.44. The number of aromatic amines is 1. The molecule has 6 heteroatoms. The van der Waals surface area contributed by atoms with Gasteiger partial charge in [-0.15, -0.1) is 0 Å². The van der Waals surface area contributed by atoms with Crippen molar-refractivity contribution in [2.24, 2.45) is 0 Å². The molecule has 0 aliphatic heterocycles. The predicted octanol–water partition coefficient (Wildman–Crippen LogP) is 5.10. The molecule has 0 fully saturated rings. The van der Waals surface area contributed by atoms with E-state index in [1.165, 1.54) is 24.0 Å². The van der Waals surface area contributed by atoms with Crippen LogP contribution in [-0.4, -0.2) is 15.0 Å². The average molecular weight is 341 g/mol. The lowest BCUT2D eigenvalue weighted by molar-refractivity contribution is 0.565. The Labute approximate surface area is 141 Å². The molecule has 0 atom stereocenters. The number of rotatable bonds is 3. The SMILES string of the molecule is CCc1ccc2[nH]c3c(Sc4ccc(F)cc4F)ncnc3c2c1. The Hall–Kier alpha value is -2.47. The molecule has 0 amide bonds. The van der Waals surface area contributed by atoms with E-state index in [-0.39, 0.29) is 0 Å². The standard InChI is InChI=1S/C18H13F2N3S/c1-2-10-3-5-14-12(7-10)16-17(23-14)18(22-9-21-16)24-15-6-4-11(19)8-13(15)20/h3-9,23H,2H2,1H3. The number of fused-ring (bicyclic) bond motifs is 3. The summed E-state index contributed by atoms with van der Waals surface area (Å²) in [6.45, 7) is 2.10. The van der Waals surface area contributed by atoms with Crippen LogP contribution >= 0.6 is 11.8 Å². The molecule has 0 aliphatic rings. The zero-order valence-corrected chi connectivity index (χ0v) is 13.6. The highest BCUT2D eigenvalue weighted by Crippen LogP contribution is 2.35. The summed E-state index contributed by atoms with van der Waals surface area (Å²) < 4.78 is 27.0. The van der Waals surface area contributed by atoms with Crippen molar-refractivity contribution in [2.75, 3.05) is 0 Å². The predicted molar refractivity (Wildman–Crippen MR) is 91.3 cm³/mol. The zero-order valence-electron chi connectivity index (χ0n) is 12.8. The number of nitrogens with zero attached hydrogens (tertiary/aromatic N) is 2. The fraction of sp³-hybridized carbons (Fsp3) is 0.111. The molecule has 0 aliphatic carbocycles. The van der Waals surface area contributed by atoms with Crippen LogP contribution in [0.4, 0.5) is 8.78 Å². The summed E-state index contributed by atoms with van der Waals surface area (Å²) in [5, 5.41) is 1.63. The maximum Gasteiger partial charge on any atom is 0.140 e. The third kappa shape index (κ3) is 2.53. The van der Waals surface area contributed by atoms with E-state index in [2.05, 4.69) is 34.0 Å². The normalized spacial score (nSPS) is 11.5. The molecule has 0 radical (unpaired) electrons. The van der Waals surface area contributed by atoms with Gasteiger partial charge in [-0.2, -0.15) is 0 Å². The van der Waals surface area contributed by atoms with Crippen molar-refractivity contribution < 1.29 is 8.78 Å². The van der Waals surface area contributed by atoms with E-state index in [4.69, 9.17) is 0 Å². The van der Waals surface area contributed by atoms with Crippen LogP contribution in [0.3, 0.4) is 0 Å². The Morgan fingerprint density at radius 1 is 1.08 bits per heavy atom. The lowest BCUT2D eigenvalue weighted by Gasteiger charge is -2.03. The highest BCUT2D eigenvalue weighted by molar-refractivity contribution is 7.99.